The van der Waals surface area contributed by atoms with Gasteiger partial charge in [0, 0.05) is 38.7 Å². The Kier molecular flexibility index (Phi) is 11.8. The molecule has 5 aromatic carbocycles. The number of phenolic OH excluding ortho intramolecular Hbond substituents is 1. The number of methoxy groups -OCH3 is 2. The number of thiazole rings is 1. The molecule has 0 radical (unpaired) electrons. The number of phenols is 1. The van der Waals surface area contributed by atoms with E-state index in [4.69, 9.17) is 9.47 Å². The van der Waals surface area contributed by atoms with Crippen LogP contribution in [0.15, 0.2) is 143 Å². The van der Waals surface area contributed by atoms with Gasteiger partial charge in [-0.15, -0.1) is 23.1 Å². The number of nitrogens with zero attached hydrogens (tertiary/aromatic N) is 1. The van der Waals surface area contributed by atoms with E-state index in [0.29, 0.717) is 32.6 Å². The van der Waals surface area contributed by atoms with E-state index in [9.17, 15) is 19.5 Å². The standard InChI is InChI=1S/C41H34N4O6S2/c1-50-32-20-17-26(18-21-32)35-25-52-41(44-35)45-40(49)37(27-10-5-3-6-11-27)53-33-15-9-14-30(23-33)42-39(48)34(43-38(47)28-12-7-4-8-13-28)22-29-16-19-31(46)24-36(29)51-2/h3-25,37,46H,1-2H3,(H,42,48)(H,43,47)(H,44,45,49)/b34-22+. The smallest absolute Gasteiger partial charge is 0.272 e. The molecule has 0 bridgehead atoms. The summed E-state index contributed by atoms with van der Waals surface area (Å²) in [5.74, 6) is -0.307. The Bertz CT molecular complexity index is 2240. The Morgan fingerprint density at radius 2 is 1.55 bits per heavy atom. The quantitative estimate of drug-likeness (QED) is 0.0684. The zero-order chi connectivity index (χ0) is 37.2. The Labute approximate surface area is 314 Å². The topological polar surface area (TPSA) is 139 Å². The SMILES string of the molecule is COc1ccc(-c2csc(NC(=O)C(Sc3cccc(NC(=O)/C(=C\c4ccc(O)cc4OC)NC(=O)c4ccccc4)c3)c3ccccc3)n2)cc1. The van der Waals surface area contributed by atoms with Gasteiger partial charge >= 0.3 is 0 Å². The summed E-state index contributed by atoms with van der Waals surface area (Å²) in [4.78, 5) is 46.1. The Morgan fingerprint density at radius 1 is 0.811 bits per heavy atom. The first-order chi connectivity index (χ1) is 25.8. The fourth-order valence-corrected chi connectivity index (χ4v) is 7.00. The number of aromatic hydroxyl groups is 1. The number of anilines is 2. The maximum absolute atomic E-state index is 13.8. The monoisotopic (exact) mass is 742 g/mol. The van der Waals surface area contributed by atoms with Crippen LogP contribution in [-0.4, -0.2) is 42.0 Å². The molecule has 0 fully saturated rings. The summed E-state index contributed by atoms with van der Waals surface area (Å²) in [7, 11) is 3.05. The molecule has 0 aliphatic heterocycles. The van der Waals surface area contributed by atoms with Gasteiger partial charge in [-0.2, -0.15) is 0 Å². The van der Waals surface area contributed by atoms with Crippen molar-refractivity contribution in [2.45, 2.75) is 10.1 Å². The zero-order valence-corrected chi connectivity index (χ0v) is 30.2. The highest BCUT2D eigenvalue weighted by molar-refractivity contribution is 8.00. The fourth-order valence-electron chi connectivity index (χ4n) is 5.20. The lowest BCUT2D eigenvalue weighted by Crippen LogP contribution is -2.30. The van der Waals surface area contributed by atoms with Gasteiger partial charge in [-0.05, 0) is 78.4 Å². The first kappa shape index (κ1) is 36.4. The summed E-state index contributed by atoms with van der Waals surface area (Å²) in [6.07, 6.45) is 1.47. The maximum Gasteiger partial charge on any atom is 0.272 e. The third-order valence-electron chi connectivity index (χ3n) is 7.85. The molecule has 0 aliphatic carbocycles. The second-order valence-electron chi connectivity index (χ2n) is 11.5. The zero-order valence-electron chi connectivity index (χ0n) is 28.6. The van der Waals surface area contributed by atoms with Crippen LogP contribution in [0.2, 0.25) is 0 Å². The Morgan fingerprint density at radius 3 is 2.26 bits per heavy atom. The van der Waals surface area contributed by atoms with Crippen LogP contribution in [0.25, 0.3) is 17.3 Å². The van der Waals surface area contributed by atoms with Crippen LogP contribution in [-0.2, 0) is 9.59 Å². The van der Waals surface area contributed by atoms with E-state index in [0.717, 1.165) is 22.6 Å². The number of carbonyl (C=O) groups is 3. The number of amides is 3. The minimum atomic E-state index is -0.655. The number of hydrogen-bond donors (Lipinski definition) is 4. The lowest BCUT2D eigenvalue weighted by Gasteiger charge is -2.17. The van der Waals surface area contributed by atoms with Crippen LogP contribution in [0.1, 0.15) is 26.7 Å². The lowest BCUT2D eigenvalue weighted by atomic mass is 10.1. The highest BCUT2D eigenvalue weighted by Crippen LogP contribution is 2.38. The number of ether oxygens (including phenoxy) is 2. The Hall–Kier alpha value is -6.37. The number of thioether (sulfide) groups is 1. The van der Waals surface area contributed by atoms with Crippen molar-refractivity contribution in [1.29, 1.82) is 0 Å². The molecular formula is C41H34N4O6S2. The van der Waals surface area contributed by atoms with Crippen LogP contribution in [0.5, 0.6) is 17.2 Å². The number of rotatable bonds is 13. The normalized spacial score (nSPS) is 11.6. The van der Waals surface area contributed by atoms with Gasteiger partial charge in [-0.3, -0.25) is 14.4 Å². The fraction of sp³-hybridized carbons (Fsp3) is 0.0732. The summed E-state index contributed by atoms with van der Waals surface area (Å²) < 4.78 is 10.6. The molecule has 0 saturated heterocycles. The summed E-state index contributed by atoms with van der Waals surface area (Å²) in [5.41, 5.74) is 3.62. The average molecular weight is 743 g/mol. The van der Waals surface area contributed by atoms with Crippen molar-refractivity contribution in [3.8, 4) is 28.5 Å². The molecule has 3 amide bonds. The second-order valence-corrected chi connectivity index (χ2v) is 13.5. The highest BCUT2D eigenvalue weighted by Gasteiger charge is 2.24. The molecule has 6 aromatic rings. The lowest BCUT2D eigenvalue weighted by molar-refractivity contribution is -0.116. The van der Waals surface area contributed by atoms with Gasteiger partial charge in [0.25, 0.3) is 11.8 Å². The van der Waals surface area contributed by atoms with E-state index >= 15 is 0 Å². The molecule has 1 atom stereocenters. The summed E-state index contributed by atoms with van der Waals surface area (Å²) in [5, 5.41) is 20.2. The molecule has 10 nitrogen and oxygen atoms in total. The van der Waals surface area contributed by atoms with Crippen molar-refractivity contribution in [2.24, 2.45) is 0 Å². The summed E-state index contributed by atoms with van der Waals surface area (Å²) in [6, 6.07) is 37.0. The third-order valence-corrected chi connectivity index (χ3v) is 9.86. The molecular weight excluding hydrogens is 709 g/mol. The van der Waals surface area contributed by atoms with E-state index in [1.165, 1.54) is 48.4 Å². The largest absolute Gasteiger partial charge is 0.508 e. The van der Waals surface area contributed by atoms with Gasteiger partial charge in [0.2, 0.25) is 5.91 Å². The van der Waals surface area contributed by atoms with Gasteiger partial charge in [-0.1, -0.05) is 54.6 Å². The molecule has 0 saturated carbocycles. The van der Waals surface area contributed by atoms with Gasteiger partial charge in [-0.25, -0.2) is 4.98 Å². The number of aromatic nitrogens is 1. The molecule has 0 spiro atoms. The van der Waals surface area contributed by atoms with Crippen molar-refractivity contribution >= 4 is 57.7 Å². The van der Waals surface area contributed by atoms with E-state index in [-0.39, 0.29) is 17.4 Å². The molecule has 266 valence electrons. The minimum Gasteiger partial charge on any atom is -0.508 e. The van der Waals surface area contributed by atoms with Crippen LogP contribution in [0.4, 0.5) is 10.8 Å². The average Bonchev–Trinajstić information content (AvgIpc) is 3.66. The van der Waals surface area contributed by atoms with Crippen molar-refractivity contribution in [1.82, 2.24) is 10.3 Å². The first-order valence-corrected chi connectivity index (χ1v) is 18.0. The van der Waals surface area contributed by atoms with Crippen LogP contribution >= 0.6 is 23.1 Å². The maximum atomic E-state index is 13.8. The van der Waals surface area contributed by atoms with Crippen LogP contribution < -0.4 is 25.4 Å². The number of benzene rings is 5. The van der Waals surface area contributed by atoms with Gasteiger partial charge < -0.3 is 30.5 Å². The predicted octanol–water partition coefficient (Wildman–Crippen LogP) is 8.41. The van der Waals surface area contributed by atoms with Crippen LogP contribution in [0.3, 0.4) is 0 Å². The van der Waals surface area contributed by atoms with Gasteiger partial charge in [0.1, 0.15) is 28.2 Å². The van der Waals surface area contributed by atoms with Gasteiger partial charge in [0.05, 0.1) is 19.9 Å². The molecule has 12 heteroatoms. The first-order valence-electron chi connectivity index (χ1n) is 16.3. The van der Waals surface area contributed by atoms with Crippen molar-refractivity contribution in [2.75, 3.05) is 24.9 Å². The molecule has 1 heterocycles. The van der Waals surface area contributed by atoms with Gasteiger partial charge in [0.15, 0.2) is 5.13 Å². The van der Waals surface area contributed by atoms with Crippen molar-refractivity contribution in [3.63, 3.8) is 0 Å². The summed E-state index contributed by atoms with van der Waals surface area (Å²) >= 11 is 2.65. The summed E-state index contributed by atoms with van der Waals surface area (Å²) in [6.45, 7) is 0. The molecule has 0 aliphatic rings. The number of hydrogen-bond acceptors (Lipinski definition) is 9. The molecule has 53 heavy (non-hydrogen) atoms. The second kappa shape index (κ2) is 17.2. The van der Waals surface area contributed by atoms with Crippen molar-refractivity contribution < 1.29 is 29.0 Å². The van der Waals surface area contributed by atoms with E-state index in [1.54, 1.807) is 61.7 Å². The molecule has 4 N–H and O–H groups in total. The molecule has 1 unspecified atom stereocenters. The number of carbonyl (C=O) groups excluding carboxylic acids is 3. The Balaban J connectivity index is 1.22. The molecule has 6 rings (SSSR count). The van der Waals surface area contributed by atoms with Crippen molar-refractivity contribution in [3.05, 3.63) is 155 Å². The van der Waals surface area contributed by atoms with E-state index in [1.807, 2.05) is 66.0 Å². The van der Waals surface area contributed by atoms with Crippen LogP contribution in [0, 0.1) is 0 Å². The molecule has 1 aromatic heterocycles. The third kappa shape index (κ3) is 9.50. The van der Waals surface area contributed by atoms with E-state index in [2.05, 4.69) is 20.9 Å². The highest BCUT2D eigenvalue weighted by atomic mass is 32.2. The number of nitrogens with one attached hydrogen (secondary N) is 3. The minimum absolute atomic E-state index is 0.0138. The predicted molar refractivity (Wildman–Crippen MR) is 209 cm³/mol. The van der Waals surface area contributed by atoms with E-state index < -0.39 is 17.1 Å².